The molecular formula is C17H16N6S. The van der Waals surface area contributed by atoms with E-state index >= 15 is 0 Å². The van der Waals surface area contributed by atoms with Crippen LogP contribution in [-0.4, -0.2) is 20.1 Å². The second-order valence-electron chi connectivity index (χ2n) is 5.15. The number of benzene rings is 1. The summed E-state index contributed by atoms with van der Waals surface area (Å²) in [5.41, 5.74) is 9.99. The summed E-state index contributed by atoms with van der Waals surface area (Å²) in [4.78, 5) is 12.9. The van der Waals surface area contributed by atoms with Crippen molar-refractivity contribution < 1.29 is 0 Å². The maximum absolute atomic E-state index is 5.52. The molecule has 0 aliphatic carbocycles. The van der Waals surface area contributed by atoms with Gasteiger partial charge in [0, 0.05) is 35.5 Å². The van der Waals surface area contributed by atoms with Gasteiger partial charge in [-0.25, -0.2) is 9.97 Å². The molecule has 0 aliphatic heterocycles. The Balaban J connectivity index is 1.88. The van der Waals surface area contributed by atoms with Crippen molar-refractivity contribution in [3.8, 4) is 11.3 Å². The maximum atomic E-state index is 5.52. The van der Waals surface area contributed by atoms with Crippen molar-refractivity contribution in [3.05, 3.63) is 60.6 Å². The Morgan fingerprint density at radius 3 is 2.79 bits per heavy atom. The summed E-state index contributed by atoms with van der Waals surface area (Å²) in [5, 5.41) is 6.37. The summed E-state index contributed by atoms with van der Waals surface area (Å²) < 4.78 is 0. The molecule has 0 spiro atoms. The molecule has 0 saturated carbocycles. The molecule has 3 rings (SSSR count). The Hall–Kier alpha value is -3.06. The van der Waals surface area contributed by atoms with Gasteiger partial charge in [0.2, 0.25) is 5.95 Å². The quantitative estimate of drug-likeness (QED) is 0.630. The van der Waals surface area contributed by atoms with Crippen LogP contribution in [-0.2, 0) is 0 Å². The van der Waals surface area contributed by atoms with E-state index < -0.39 is 0 Å². The first-order chi connectivity index (χ1) is 11.6. The van der Waals surface area contributed by atoms with Gasteiger partial charge in [-0.2, -0.15) is 0 Å². The Morgan fingerprint density at radius 1 is 1.17 bits per heavy atom. The second-order valence-corrected chi connectivity index (χ2v) is 5.59. The van der Waals surface area contributed by atoms with E-state index in [9.17, 15) is 0 Å². The summed E-state index contributed by atoms with van der Waals surface area (Å²) in [5.74, 6) is 0.506. The third-order valence-corrected chi connectivity index (χ3v) is 3.47. The van der Waals surface area contributed by atoms with Gasteiger partial charge in [0.1, 0.15) is 0 Å². The average molecular weight is 336 g/mol. The fraction of sp³-hybridized carbons (Fsp3) is 0.0588. The van der Waals surface area contributed by atoms with Crippen LogP contribution in [0, 0.1) is 6.92 Å². The van der Waals surface area contributed by atoms with Gasteiger partial charge in [-0.1, -0.05) is 6.07 Å². The molecule has 24 heavy (non-hydrogen) atoms. The summed E-state index contributed by atoms with van der Waals surface area (Å²) in [6.07, 6.45) is 5.21. The number of hydrogen-bond donors (Lipinski definition) is 3. The molecule has 0 saturated heterocycles. The van der Waals surface area contributed by atoms with E-state index in [-0.39, 0.29) is 5.11 Å². The van der Waals surface area contributed by atoms with E-state index in [2.05, 4.69) is 25.6 Å². The number of nitrogens with zero attached hydrogens (tertiary/aromatic N) is 3. The van der Waals surface area contributed by atoms with Gasteiger partial charge in [0.15, 0.2) is 5.11 Å². The topological polar surface area (TPSA) is 88.8 Å². The van der Waals surface area contributed by atoms with Crippen molar-refractivity contribution in [2.75, 3.05) is 10.6 Å². The number of rotatable bonds is 4. The number of nitrogens with two attached hydrogens (primary N) is 1. The summed E-state index contributed by atoms with van der Waals surface area (Å²) >= 11 is 4.87. The van der Waals surface area contributed by atoms with Crippen LogP contribution in [0.5, 0.6) is 0 Å². The van der Waals surface area contributed by atoms with Crippen molar-refractivity contribution in [1.29, 1.82) is 0 Å². The largest absolute Gasteiger partial charge is 0.376 e. The van der Waals surface area contributed by atoms with Gasteiger partial charge in [-0.05, 0) is 55.0 Å². The summed E-state index contributed by atoms with van der Waals surface area (Å²) in [6, 6.07) is 11.5. The molecule has 3 aromatic rings. The van der Waals surface area contributed by atoms with Crippen LogP contribution in [0.25, 0.3) is 11.3 Å². The number of thiocarbonyl (C=S) groups is 1. The van der Waals surface area contributed by atoms with Crippen LogP contribution in [0.1, 0.15) is 5.56 Å². The van der Waals surface area contributed by atoms with Crippen LogP contribution < -0.4 is 16.4 Å². The van der Waals surface area contributed by atoms with Crippen molar-refractivity contribution >= 4 is 34.7 Å². The monoisotopic (exact) mass is 336 g/mol. The Bertz CT molecular complexity index is 866. The zero-order valence-corrected chi connectivity index (χ0v) is 13.8. The lowest BCUT2D eigenvalue weighted by Crippen LogP contribution is -2.18. The number of aromatic nitrogens is 3. The molecule has 2 heterocycles. The number of pyridine rings is 1. The third kappa shape index (κ3) is 3.82. The number of anilines is 3. The highest BCUT2D eigenvalue weighted by Crippen LogP contribution is 2.24. The first kappa shape index (κ1) is 15.8. The van der Waals surface area contributed by atoms with E-state index in [4.69, 9.17) is 18.0 Å². The lowest BCUT2D eigenvalue weighted by Gasteiger charge is -2.12. The smallest absolute Gasteiger partial charge is 0.227 e. The molecule has 6 nitrogen and oxygen atoms in total. The highest BCUT2D eigenvalue weighted by molar-refractivity contribution is 7.80. The van der Waals surface area contributed by atoms with Gasteiger partial charge in [0.25, 0.3) is 0 Å². The molecule has 0 bridgehead atoms. The Morgan fingerprint density at radius 2 is 2.04 bits per heavy atom. The molecule has 0 atom stereocenters. The highest BCUT2D eigenvalue weighted by atomic mass is 32.1. The number of nitrogens with one attached hydrogen (secondary N) is 2. The van der Waals surface area contributed by atoms with Crippen LogP contribution >= 0.6 is 12.2 Å². The van der Waals surface area contributed by atoms with Crippen molar-refractivity contribution in [2.24, 2.45) is 5.73 Å². The normalized spacial score (nSPS) is 10.2. The van der Waals surface area contributed by atoms with Gasteiger partial charge < -0.3 is 16.4 Å². The Labute approximate surface area is 145 Å². The Kier molecular flexibility index (Phi) is 4.62. The minimum atomic E-state index is 0.222. The third-order valence-electron chi connectivity index (χ3n) is 3.36. The summed E-state index contributed by atoms with van der Waals surface area (Å²) in [7, 11) is 0. The van der Waals surface area contributed by atoms with Gasteiger partial charge in [0.05, 0.1) is 5.69 Å². The van der Waals surface area contributed by atoms with Crippen LogP contribution in [0.3, 0.4) is 0 Å². The highest BCUT2D eigenvalue weighted by Gasteiger charge is 2.06. The molecule has 4 N–H and O–H groups in total. The van der Waals surface area contributed by atoms with Gasteiger partial charge in [-0.15, -0.1) is 0 Å². The molecular weight excluding hydrogens is 320 g/mol. The molecule has 0 radical (unpaired) electrons. The van der Waals surface area contributed by atoms with E-state index in [0.717, 1.165) is 28.2 Å². The van der Waals surface area contributed by atoms with E-state index in [1.165, 1.54) is 0 Å². The van der Waals surface area contributed by atoms with Gasteiger partial charge >= 0.3 is 0 Å². The molecule has 7 heteroatoms. The van der Waals surface area contributed by atoms with Crippen LogP contribution in [0.4, 0.5) is 17.3 Å². The fourth-order valence-electron chi connectivity index (χ4n) is 2.19. The molecule has 2 aromatic heterocycles. The molecule has 0 aliphatic rings. The van der Waals surface area contributed by atoms with Crippen LogP contribution in [0.15, 0.2) is 55.0 Å². The van der Waals surface area contributed by atoms with E-state index in [1.54, 1.807) is 18.6 Å². The molecule has 0 fully saturated rings. The summed E-state index contributed by atoms with van der Waals surface area (Å²) in [6.45, 7) is 2.00. The number of hydrogen-bond acceptors (Lipinski definition) is 5. The maximum Gasteiger partial charge on any atom is 0.227 e. The molecule has 0 unspecified atom stereocenters. The second kappa shape index (κ2) is 7.01. The molecule has 1 aromatic carbocycles. The predicted octanol–water partition coefficient (Wildman–Crippen LogP) is 3.25. The van der Waals surface area contributed by atoms with Crippen molar-refractivity contribution in [2.45, 2.75) is 6.92 Å². The minimum absolute atomic E-state index is 0.222. The molecule has 0 amide bonds. The molecule has 120 valence electrons. The minimum Gasteiger partial charge on any atom is -0.376 e. The zero-order valence-electron chi connectivity index (χ0n) is 13.0. The standard InChI is InChI=1S/C17H16N6S/c1-11-4-5-13(21-16(18)24)9-15(11)23-17-20-8-6-14(22-17)12-3-2-7-19-10-12/h2-10H,1H3,(H3,18,21,24)(H,20,22,23). The number of aryl methyl sites for hydroxylation is 1. The fourth-order valence-corrected chi connectivity index (χ4v) is 2.31. The van der Waals surface area contributed by atoms with E-state index in [1.807, 2.05) is 43.3 Å². The van der Waals surface area contributed by atoms with Crippen LogP contribution in [0.2, 0.25) is 0 Å². The SMILES string of the molecule is Cc1ccc(NC(N)=S)cc1Nc1nccc(-c2cccnc2)n1. The first-order valence-electron chi connectivity index (χ1n) is 7.29. The lowest BCUT2D eigenvalue weighted by atomic mass is 10.2. The van der Waals surface area contributed by atoms with Gasteiger partial charge in [-0.3, -0.25) is 4.98 Å². The zero-order chi connectivity index (χ0) is 16.9. The van der Waals surface area contributed by atoms with E-state index in [0.29, 0.717) is 5.95 Å². The first-order valence-corrected chi connectivity index (χ1v) is 7.70. The lowest BCUT2D eigenvalue weighted by molar-refractivity contribution is 1.16. The van der Waals surface area contributed by atoms with Crippen molar-refractivity contribution in [3.63, 3.8) is 0 Å². The van der Waals surface area contributed by atoms with Crippen molar-refractivity contribution in [1.82, 2.24) is 15.0 Å². The average Bonchev–Trinajstić information content (AvgIpc) is 2.58. The predicted molar refractivity (Wildman–Crippen MR) is 100 cm³/mol.